The van der Waals surface area contributed by atoms with Gasteiger partial charge < -0.3 is 15.8 Å². The number of sulfonamides is 1. The van der Waals surface area contributed by atoms with Crippen molar-refractivity contribution in [2.24, 2.45) is 10.7 Å². The Morgan fingerprint density at radius 1 is 1.35 bits per heavy atom. The number of carbonyl (C=O) groups excluding carboxylic acids is 1. The molecule has 166 valence electrons. The monoisotopic (exact) mass is 449 g/mol. The summed E-state index contributed by atoms with van der Waals surface area (Å²) in [7, 11) is -2.48. The zero-order chi connectivity index (χ0) is 22.8. The molecule has 0 unspecified atom stereocenters. The number of nitrogens with two attached hydrogens (primary N) is 1. The maximum Gasteiger partial charge on any atom is 0.274 e. The van der Waals surface area contributed by atoms with E-state index in [2.05, 4.69) is 15.3 Å². The van der Waals surface area contributed by atoms with E-state index in [1.54, 1.807) is 18.3 Å². The van der Waals surface area contributed by atoms with Gasteiger partial charge in [-0.1, -0.05) is 6.07 Å². The molecule has 1 aliphatic heterocycles. The molecule has 0 bridgehead atoms. The van der Waals surface area contributed by atoms with Gasteiger partial charge >= 0.3 is 0 Å². The van der Waals surface area contributed by atoms with Gasteiger partial charge in [-0.2, -0.15) is 0 Å². The summed E-state index contributed by atoms with van der Waals surface area (Å²) < 4.78 is 45.6. The molecule has 11 heteroatoms. The van der Waals surface area contributed by atoms with Crippen molar-refractivity contribution >= 4 is 27.6 Å². The highest BCUT2D eigenvalue weighted by molar-refractivity contribution is 7.89. The fourth-order valence-electron chi connectivity index (χ4n) is 3.16. The number of hydrogen-bond acceptors (Lipinski definition) is 7. The minimum atomic E-state index is -3.77. The molecule has 0 saturated heterocycles. The molecule has 0 spiro atoms. The van der Waals surface area contributed by atoms with Crippen LogP contribution in [-0.4, -0.2) is 49.0 Å². The van der Waals surface area contributed by atoms with Gasteiger partial charge in [-0.05, 0) is 43.7 Å². The molecule has 0 aliphatic carbocycles. The topological polar surface area (TPSA) is 127 Å². The molecule has 2 aromatic rings. The van der Waals surface area contributed by atoms with Gasteiger partial charge in [0.25, 0.3) is 5.91 Å². The standard InChI is InChI=1S/C20H24FN5O4S/c1-4-30-11-13-5-8-17(23-10-13)18(27)24-14-6-7-16(21)15(9-14)20(2)12-31(28,29)26(3)19(22)25-20/h5-10H,4,11-12H2,1-3H3,(H2,22,25)(H,24,27)/t20-/m0/s1. The summed E-state index contributed by atoms with van der Waals surface area (Å²) in [5, 5.41) is 2.65. The van der Waals surface area contributed by atoms with Crippen LogP contribution in [0.2, 0.25) is 0 Å². The fourth-order valence-corrected chi connectivity index (χ4v) is 4.61. The van der Waals surface area contributed by atoms with E-state index in [9.17, 15) is 17.6 Å². The van der Waals surface area contributed by atoms with Crippen molar-refractivity contribution in [3.63, 3.8) is 0 Å². The van der Waals surface area contributed by atoms with Gasteiger partial charge in [0.1, 0.15) is 17.1 Å². The molecule has 31 heavy (non-hydrogen) atoms. The van der Waals surface area contributed by atoms with Crippen molar-refractivity contribution in [3.05, 3.63) is 59.2 Å². The number of hydrogen-bond donors (Lipinski definition) is 2. The number of pyridine rings is 1. The Hall–Kier alpha value is -3.05. The number of rotatable bonds is 6. The molecule has 1 amide bonds. The number of ether oxygens (including phenoxy) is 1. The minimum Gasteiger partial charge on any atom is -0.377 e. The summed E-state index contributed by atoms with van der Waals surface area (Å²) in [4.78, 5) is 20.9. The van der Waals surface area contributed by atoms with E-state index in [0.29, 0.717) is 13.2 Å². The maximum absolute atomic E-state index is 14.6. The number of guanidine groups is 1. The Balaban J connectivity index is 1.85. The highest BCUT2D eigenvalue weighted by Gasteiger charge is 2.41. The van der Waals surface area contributed by atoms with Crippen molar-refractivity contribution in [1.82, 2.24) is 9.29 Å². The summed E-state index contributed by atoms with van der Waals surface area (Å²) in [5.41, 5.74) is 5.57. The van der Waals surface area contributed by atoms with Crippen molar-refractivity contribution in [1.29, 1.82) is 0 Å². The Labute approximate surface area is 180 Å². The molecule has 0 saturated carbocycles. The maximum atomic E-state index is 14.6. The second kappa shape index (κ2) is 8.60. The third-order valence-electron chi connectivity index (χ3n) is 4.90. The van der Waals surface area contributed by atoms with Gasteiger partial charge in [-0.25, -0.2) is 22.1 Å². The van der Waals surface area contributed by atoms with Crippen LogP contribution in [0.5, 0.6) is 0 Å². The van der Waals surface area contributed by atoms with Crippen LogP contribution in [0.15, 0.2) is 41.5 Å². The van der Waals surface area contributed by atoms with E-state index in [0.717, 1.165) is 15.9 Å². The molecular weight excluding hydrogens is 425 g/mol. The lowest BCUT2D eigenvalue weighted by atomic mass is 9.93. The molecule has 0 fully saturated rings. The Bertz CT molecular complexity index is 1120. The molecule has 1 aliphatic rings. The number of aromatic nitrogens is 1. The number of benzene rings is 1. The first kappa shape index (κ1) is 22.6. The van der Waals surface area contributed by atoms with Gasteiger partial charge in [0.15, 0.2) is 0 Å². The smallest absolute Gasteiger partial charge is 0.274 e. The van der Waals surface area contributed by atoms with Gasteiger partial charge in [0, 0.05) is 31.1 Å². The van der Waals surface area contributed by atoms with Crippen LogP contribution in [0.4, 0.5) is 10.1 Å². The molecule has 3 rings (SSSR count). The highest BCUT2D eigenvalue weighted by atomic mass is 32.2. The largest absolute Gasteiger partial charge is 0.377 e. The molecule has 1 atom stereocenters. The minimum absolute atomic E-state index is 0.00458. The normalized spacial score (nSPS) is 20.3. The molecular formula is C20H24FN5O4S. The van der Waals surface area contributed by atoms with Crippen LogP contribution in [0.1, 0.15) is 35.5 Å². The SMILES string of the molecule is CCOCc1ccc(C(=O)Nc2ccc(F)c([C@]3(C)CS(=O)(=O)N(C)C(N)=N3)c2)nc1. The van der Waals surface area contributed by atoms with Crippen molar-refractivity contribution < 1.29 is 22.3 Å². The van der Waals surface area contributed by atoms with E-state index < -0.39 is 33.0 Å². The van der Waals surface area contributed by atoms with Gasteiger partial charge in [0.2, 0.25) is 16.0 Å². The second-order valence-corrected chi connectivity index (χ2v) is 9.31. The van der Waals surface area contributed by atoms with Crippen molar-refractivity contribution in [3.8, 4) is 0 Å². The van der Waals surface area contributed by atoms with Crippen LogP contribution in [-0.2, 0) is 26.9 Å². The Morgan fingerprint density at radius 2 is 2.10 bits per heavy atom. The zero-order valence-electron chi connectivity index (χ0n) is 17.4. The molecule has 0 radical (unpaired) electrons. The zero-order valence-corrected chi connectivity index (χ0v) is 18.2. The van der Waals surface area contributed by atoms with Crippen molar-refractivity contribution in [2.45, 2.75) is 26.0 Å². The number of carbonyl (C=O) groups is 1. The predicted molar refractivity (Wildman–Crippen MR) is 114 cm³/mol. The van der Waals surface area contributed by atoms with Crippen LogP contribution < -0.4 is 11.1 Å². The first-order valence-electron chi connectivity index (χ1n) is 9.52. The lowest BCUT2D eigenvalue weighted by molar-refractivity contribution is 0.102. The highest BCUT2D eigenvalue weighted by Crippen LogP contribution is 2.34. The third-order valence-corrected chi connectivity index (χ3v) is 6.85. The van der Waals surface area contributed by atoms with E-state index in [1.165, 1.54) is 26.1 Å². The van der Waals surface area contributed by atoms with Crippen LogP contribution >= 0.6 is 0 Å². The third kappa shape index (κ3) is 4.83. The first-order chi connectivity index (χ1) is 14.6. The molecule has 1 aromatic carbocycles. The van der Waals surface area contributed by atoms with E-state index in [1.807, 2.05) is 6.92 Å². The van der Waals surface area contributed by atoms with Crippen LogP contribution in [0.3, 0.4) is 0 Å². The molecule has 9 nitrogen and oxygen atoms in total. The molecule has 2 heterocycles. The first-order valence-corrected chi connectivity index (χ1v) is 11.1. The average Bonchev–Trinajstić information content (AvgIpc) is 2.71. The second-order valence-electron chi connectivity index (χ2n) is 7.31. The summed E-state index contributed by atoms with van der Waals surface area (Å²) in [6, 6.07) is 7.17. The van der Waals surface area contributed by atoms with Gasteiger partial charge in [0.05, 0.1) is 12.4 Å². The quantitative estimate of drug-likeness (QED) is 0.693. The van der Waals surface area contributed by atoms with E-state index >= 15 is 0 Å². The summed E-state index contributed by atoms with van der Waals surface area (Å²) in [6.45, 7) is 4.33. The van der Waals surface area contributed by atoms with E-state index in [-0.39, 0.29) is 22.9 Å². The Kier molecular flexibility index (Phi) is 6.27. The summed E-state index contributed by atoms with van der Waals surface area (Å²) in [5.74, 6) is -1.85. The number of nitrogens with one attached hydrogen (secondary N) is 1. The lowest BCUT2D eigenvalue weighted by Crippen LogP contribution is -2.50. The van der Waals surface area contributed by atoms with Gasteiger partial charge in [-0.15, -0.1) is 0 Å². The van der Waals surface area contributed by atoms with Gasteiger partial charge in [-0.3, -0.25) is 9.78 Å². The number of halogens is 1. The Morgan fingerprint density at radius 3 is 2.71 bits per heavy atom. The number of aliphatic imine (C=N–C) groups is 1. The predicted octanol–water partition coefficient (Wildman–Crippen LogP) is 1.81. The van der Waals surface area contributed by atoms with Crippen LogP contribution in [0, 0.1) is 5.82 Å². The number of amides is 1. The summed E-state index contributed by atoms with van der Waals surface area (Å²) >= 11 is 0. The molecule has 3 N–H and O–H groups in total. The summed E-state index contributed by atoms with van der Waals surface area (Å²) in [6.07, 6.45) is 1.54. The van der Waals surface area contributed by atoms with Crippen LogP contribution in [0.25, 0.3) is 0 Å². The molecule has 1 aromatic heterocycles. The lowest BCUT2D eigenvalue weighted by Gasteiger charge is -2.34. The number of nitrogens with zero attached hydrogens (tertiary/aromatic N) is 3. The van der Waals surface area contributed by atoms with E-state index in [4.69, 9.17) is 10.5 Å². The fraction of sp³-hybridized carbons (Fsp3) is 0.350. The average molecular weight is 450 g/mol. The van der Waals surface area contributed by atoms with Crippen molar-refractivity contribution in [2.75, 3.05) is 24.7 Å². The number of anilines is 1.